The summed E-state index contributed by atoms with van der Waals surface area (Å²) in [6, 6.07) is 0. The molecule has 0 radical (unpaired) electrons. The Morgan fingerprint density at radius 2 is 1.92 bits per heavy atom. The summed E-state index contributed by atoms with van der Waals surface area (Å²) in [4.78, 5) is 10.9. The van der Waals surface area contributed by atoms with E-state index in [2.05, 4.69) is 6.92 Å². The predicted molar refractivity (Wildman–Crippen MR) is 54.5 cm³/mol. The van der Waals surface area contributed by atoms with Crippen LogP contribution in [0.3, 0.4) is 0 Å². The van der Waals surface area contributed by atoms with E-state index in [4.69, 9.17) is 0 Å². The number of carbonyl (C=O) groups is 1. The SMILES string of the molecule is CCC(C)(C)C(O)C(C)CC(C)=O. The van der Waals surface area contributed by atoms with E-state index in [1.165, 1.54) is 0 Å². The fraction of sp³-hybridized carbons (Fsp3) is 0.909. The molecule has 0 saturated carbocycles. The van der Waals surface area contributed by atoms with Crippen molar-refractivity contribution in [2.45, 2.75) is 53.6 Å². The lowest BCUT2D eigenvalue weighted by Crippen LogP contribution is -2.35. The van der Waals surface area contributed by atoms with E-state index >= 15 is 0 Å². The second-order valence-electron chi connectivity index (χ2n) is 4.67. The number of carbonyl (C=O) groups excluding carboxylic acids is 1. The molecule has 0 rings (SSSR count). The van der Waals surface area contributed by atoms with Gasteiger partial charge in [0.2, 0.25) is 0 Å². The van der Waals surface area contributed by atoms with Crippen LogP contribution in [0.15, 0.2) is 0 Å². The van der Waals surface area contributed by atoms with Crippen molar-refractivity contribution >= 4 is 5.78 Å². The maximum atomic E-state index is 10.9. The summed E-state index contributed by atoms with van der Waals surface area (Å²) in [6.45, 7) is 9.64. The average molecular weight is 186 g/mol. The number of Topliss-reactive ketones (excluding diaryl/α,β-unsaturated/α-hetero) is 1. The number of hydrogen-bond donors (Lipinski definition) is 1. The molecule has 0 aromatic heterocycles. The molecule has 0 aliphatic carbocycles. The van der Waals surface area contributed by atoms with Gasteiger partial charge in [0.15, 0.2) is 0 Å². The van der Waals surface area contributed by atoms with Crippen molar-refractivity contribution in [3.63, 3.8) is 0 Å². The van der Waals surface area contributed by atoms with Crippen molar-refractivity contribution in [3.8, 4) is 0 Å². The Morgan fingerprint density at radius 1 is 1.46 bits per heavy atom. The highest BCUT2D eigenvalue weighted by atomic mass is 16.3. The molecule has 0 aliphatic rings. The van der Waals surface area contributed by atoms with Crippen LogP contribution in [0.2, 0.25) is 0 Å². The first-order valence-electron chi connectivity index (χ1n) is 4.98. The molecule has 0 fully saturated rings. The van der Waals surface area contributed by atoms with E-state index in [9.17, 15) is 9.90 Å². The molecule has 0 saturated heterocycles. The van der Waals surface area contributed by atoms with E-state index in [-0.39, 0.29) is 23.2 Å². The summed E-state index contributed by atoms with van der Waals surface area (Å²) in [5.74, 6) is 0.214. The minimum Gasteiger partial charge on any atom is -0.392 e. The summed E-state index contributed by atoms with van der Waals surface area (Å²) in [6.07, 6.45) is 1.02. The normalized spacial score (nSPS) is 16.8. The van der Waals surface area contributed by atoms with Crippen LogP contribution in [0.25, 0.3) is 0 Å². The van der Waals surface area contributed by atoms with E-state index in [0.29, 0.717) is 6.42 Å². The van der Waals surface area contributed by atoms with E-state index in [0.717, 1.165) is 6.42 Å². The third-order valence-corrected chi connectivity index (χ3v) is 2.86. The lowest BCUT2D eigenvalue weighted by molar-refractivity contribution is -0.119. The fourth-order valence-electron chi connectivity index (χ4n) is 1.54. The molecule has 0 aromatic carbocycles. The van der Waals surface area contributed by atoms with Gasteiger partial charge in [-0.05, 0) is 24.7 Å². The zero-order valence-electron chi connectivity index (χ0n) is 9.42. The quantitative estimate of drug-likeness (QED) is 0.716. The van der Waals surface area contributed by atoms with E-state index in [1.807, 2.05) is 20.8 Å². The molecule has 78 valence electrons. The zero-order valence-corrected chi connectivity index (χ0v) is 9.42. The second kappa shape index (κ2) is 4.75. The van der Waals surface area contributed by atoms with Crippen LogP contribution in [0.4, 0.5) is 0 Å². The topological polar surface area (TPSA) is 37.3 Å². The standard InChI is InChI=1S/C11H22O2/c1-6-11(4,5)10(13)8(2)7-9(3)12/h8,10,13H,6-7H2,1-5H3. The van der Waals surface area contributed by atoms with Crippen molar-refractivity contribution in [1.29, 1.82) is 0 Å². The third kappa shape index (κ3) is 3.90. The molecular weight excluding hydrogens is 164 g/mol. The predicted octanol–water partition coefficient (Wildman–Crippen LogP) is 2.40. The van der Waals surface area contributed by atoms with E-state index in [1.54, 1.807) is 6.92 Å². The Kier molecular flexibility index (Phi) is 4.62. The van der Waals surface area contributed by atoms with Crippen LogP contribution in [0, 0.1) is 11.3 Å². The molecule has 2 atom stereocenters. The van der Waals surface area contributed by atoms with Crippen LogP contribution < -0.4 is 0 Å². The van der Waals surface area contributed by atoms with Crippen molar-refractivity contribution in [3.05, 3.63) is 0 Å². The highest BCUT2D eigenvalue weighted by molar-refractivity contribution is 5.75. The summed E-state index contributed by atoms with van der Waals surface area (Å²) >= 11 is 0. The summed E-state index contributed by atoms with van der Waals surface area (Å²) in [5.41, 5.74) is -0.0884. The maximum Gasteiger partial charge on any atom is 0.130 e. The van der Waals surface area contributed by atoms with Crippen LogP contribution in [0.5, 0.6) is 0 Å². The van der Waals surface area contributed by atoms with Crippen molar-refractivity contribution in [2.75, 3.05) is 0 Å². The molecule has 2 unspecified atom stereocenters. The Hall–Kier alpha value is -0.370. The third-order valence-electron chi connectivity index (χ3n) is 2.86. The number of ketones is 1. The van der Waals surface area contributed by atoms with Gasteiger partial charge in [0.1, 0.15) is 5.78 Å². The number of rotatable bonds is 5. The Morgan fingerprint density at radius 3 is 2.23 bits per heavy atom. The lowest BCUT2D eigenvalue weighted by Gasteiger charge is -2.33. The molecule has 2 nitrogen and oxygen atoms in total. The Labute approximate surface area is 81.3 Å². The largest absolute Gasteiger partial charge is 0.392 e. The van der Waals surface area contributed by atoms with Crippen LogP contribution in [-0.4, -0.2) is 17.0 Å². The summed E-state index contributed by atoms with van der Waals surface area (Å²) in [5, 5.41) is 9.94. The Bertz CT molecular complexity index is 173. The van der Waals surface area contributed by atoms with Gasteiger partial charge in [0, 0.05) is 6.42 Å². The summed E-state index contributed by atoms with van der Waals surface area (Å²) < 4.78 is 0. The highest BCUT2D eigenvalue weighted by Gasteiger charge is 2.30. The molecule has 0 bridgehead atoms. The molecular formula is C11H22O2. The van der Waals surface area contributed by atoms with E-state index < -0.39 is 0 Å². The monoisotopic (exact) mass is 186 g/mol. The number of aliphatic hydroxyl groups is 1. The van der Waals surface area contributed by atoms with Gasteiger partial charge < -0.3 is 9.90 Å². The van der Waals surface area contributed by atoms with Gasteiger partial charge in [-0.1, -0.05) is 27.7 Å². The molecule has 2 heteroatoms. The number of hydrogen-bond acceptors (Lipinski definition) is 2. The zero-order chi connectivity index (χ0) is 10.6. The van der Waals surface area contributed by atoms with Gasteiger partial charge in [0.05, 0.1) is 6.10 Å². The first-order valence-corrected chi connectivity index (χ1v) is 4.98. The lowest BCUT2D eigenvalue weighted by atomic mass is 9.77. The van der Waals surface area contributed by atoms with Crippen molar-refractivity contribution in [2.24, 2.45) is 11.3 Å². The van der Waals surface area contributed by atoms with Gasteiger partial charge in [0.25, 0.3) is 0 Å². The minimum absolute atomic E-state index is 0.0625. The molecule has 0 spiro atoms. The first kappa shape index (κ1) is 12.6. The molecule has 0 aliphatic heterocycles. The van der Waals surface area contributed by atoms with Crippen molar-refractivity contribution in [1.82, 2.24) is 0 Å². The van der Waals surface area contributed by atoms with Gasteiger partial charge in [-0.25, -0.2) is 0 Å². The fourth-order valence-corrected chi connectivity index (χ4v) is 1.54. The van der Waals surface area contributed by atoms with Gasteiger partial charge >= 0.3 is 0 Å². The Balaban J connectivity index is 4.24. The number of aliphatic hydroxyl groups excluding tert-OH is 1. The average Bonchev–Trinajstić information content (AvgIpc) is 2.01. The molecule has 0 aromatic rings. The second-order valence-corrected chi connectivity index (χ2v) is 4.67. The van der Waals surface area contributed by atoms with Gasteiger partial charge in [-0.15, -0.1) is 0 Å². The molecule has 13 heavy (non-hydrogen) atoms. The van der Waals surface area contributed by atoms with Crippen LogP contribution in [0.1, 0.15) is 47.5 Å². The highest BCUT2D eigenvalue weighted by Crippen LogP contribution is 2.30. The molecule has 0 heterocycles. The van der Waals surface area contributed by atoms with Crippen LogP contribution in [-0.2, 0) is 4.79 Å². The molecule has 0 amide bonds. The smallest absolute Gasteiger partial charge is 0.130 e. The maximum absolute atomic E-state index is 10.9. The summed E-state index contributed by atoms with van der Waals surface area (Å²) in [7, 11) is 0. The van der Waals surface area contributed by atoms with Gasteiger partial charge in [-0.2, -0.15) is 0 Å². The van der Waals surface area contributed by atoms with Crippen molar-refractivity contribution < 1.29 is 9.90 Å². The van der Waals surface area contributed by atoms with Crippen LogP contribution >= 0.6 is 0 Å². The van der Waals surface area contributed by atoms with Gasteiger partial charge in [-0.3, -0.25) is 0 Å². The minimum atomic E-state index is -0.388. The first-order chi connectivity index (χ1) is 5.81. The molecule has 1 N–H and O–H groups in total.